The zero-order valence-corrected chi connectivity index (χ0v) is 13.8. The van der Waals surface area contributed by atoms with E-state index in [1.165, 1.54) is 0 Å². The summed E-state index contributed by atoms with van der Waals surface area (Å²) >= 11 is 0. The lowest BCUT2D eigenvalue weighted by Gasteiger charge is -2.21. The molecule has 1 fully saturated rings. The molecule has 0 saturated carbocycles. The SMILES string of the molecule is CCNC(=O)c1cc(NC(=O)C2CCNCC2)nc2ccccc12. The Kier molecular flexibility index (Phi) is 5.05. The van der Waals surface area contributed by atoms with E-state index < -0.39 is 0 Å². The van der Waals surface area contributed by atoms with Crippen molar-refractivity contribution in [3.63, 3.8) is 0 Å². The van der Waals surface area contributed by atoms with Gasteiger partial charge >= 0.3 is 0 Å². The van der Waals surface area contributed by atoms with E-state index >= 15 is 0 Å². The molecule has 24 heavy (non-hydrogen) atoms. The zero-order chi connectivity index (χ0) is 16.9. The van der Waals surface area contributed by atoms with Gasteiger partial charge in [-0.3, -0.25) is 9.59 Å². The van der Waals surface area contributed by atoms with E-state index in [1.54, 1.807) is 6.07 Å². The molecule has 1 aromatic heterocycles. The maximum Gasteiger partial charge on any atom is 0.252 e. The number of nitrogens with zero attached hydrogens (tertiary/aromatic N) is 1. The van der Waals surface area contributed by atoms with E-state index in [0.29, 0.717) is 23.4 Å². The normalized spacial score (nSPS) is 15.2. The second-order valence-corrected chi connectivity index (χ2v) is 5.95. The number of amides is 2. The van der Waals surface area contributed by atoms with E-state index in [4.69, 9.17) is 0 Å². The van der Waals surface area contributed by atoms with Crippen molar-refractivity contribution < 1.29 is 9.59 Å². The average molecular weight is 326 g/mol. The first-order valence-electron chi connectivity index (χ1n) is 8.38. The molecule has 1 aliphatic rings. The summed E-state index contributed by atoms with van der Waals surface area (Å²) in [7, 11) is 0. The van der Waals surface area contributed by atoms with E-state index in [2.05, 4.69) is 20.9 Å². The summed E-state index contributed by atoms with van der Waals surface area (Å²) in [6.07, 6.45) is 1.64. The maximum absolute atomic E-state index is 12.4. The number of hydrogen-bond acceptors (Lipinski definition) is 4. The summed E-state index contributed by atoms with van der Waals surface area (Å²) in [4.78, 5) is 29.3. The molecule has 0 unspecified atom stereocenters. The Balaban J connectivity index is 1.90. The van der Waals surface area contributed by atoms with Crippen molar-refractivity contribution >= 4 is 28.5 Å². The molecule has 0 aliphatic carbocycles. The van der Waals surface area contributed by atoms with Crippen LogP contribution in [0.15, 0.2) is 30.3 Å². The number of nitrogens with one attached hydrogen (secondary N) is 3. The van der Waals surface area contributed by atoms with Gasteiger partial charge in [0.25, 0.3) is 5.91 Å². The fraction of sp³-hybridized carbons (Fsp3) is 0.389. The third kappa shape index (κ3) is 3.54. The Morgan fingerprint density at radius 3 is 2.75 bits per heavy atom. The van der Waals surface area contributed by atoms with Crippen LogP contribution in [0.2, 0.25) is 0 Å². The van der Waals surface area contributed by atoms with Crippen LogP contribution in [0.5, 0.6) is 0 Å². The van der Waals surface area contributed by atoms with Gasteiger partial charge in [-0.05, 0) is 45.0 Å². The van der Waals surface area contributed by atoms with Crippen molar-refractivity contribution in [3.8, 4) is 0 Å². The molecular weight excluding hydrogens is 304 g/mol. The molecule has 6 heteroatoms. The van der Waals surface area contributed by atoms with E-state index in [-0.39, 0.29) is 17.7 Å². The molecule has 3 rings (SSSR count). The van der Waals surface area contributed by atoms with E-state index in [9.17, 15) is 9.59 Å². The van der Waals surface area contributed by atoms with Crippen molar-refractivity contribution in [2.24, 2.45) is 5.92 Å². The Morgan fingerprint density at radius 2 is 2.00 bits per heavy atom. The third-order valence-corrected chi connectivity index (χ3v) is 4.26. The van der Waals surface area contributed by atoms with Crippen LogP contribution in [0.1, 0.15) is 30.1 Å². The highest BCUT2D eigenvalue weighted by atomic mass is 16.2. The van der Waals surface area contributed by atoms with Crippen LogP contribution in [0, 0.1) is 5.92 Å². The Hall–Kier alpha value is -2.47. The molecule has 1 aliphatic heterocycles. The molecule has 2 heterocycles. The molecule has 1 saturated heterocycles. The summed E-state index contributed by atoms with van der Waals surface area (Å²) in [5.41, 5.74) is 1.23. The lowest BCUT2D eigenvalue weighted by Crippen LogP contribution is -2.34. The number of hydrogen-bond donors (Lipinski definition) is 3. The summed E-state index contributed by atoms with van der Waals surface area (Å²) < 4.78 is 0. The number of benzene rings is 1. The molecule has 126 valence electrons. The molecule has 2 aromatic rings. The largest absolute Gasteiger partial charge is 0.352 e. The van der Waals surface area contributed by atoms with Gasteiger partial charge in [0.15, 0.2) is 0 Å². The monoisotopic (exact) mass is 326 g/mol. The first kappa shape index (κ1) is 16.4. The van der Waals surface area contributed by atoms with Crippen molar-refractivity contribution in [2.45, 2.75) is 19.8 Å². The number of pyridine rings is 1. The summed E-state index contributed by atoms with van der Waals surface area (Å²) in [6.45, 7) is 4.13. The smallest absolute Gasteiger partial charge is 0.252 e. The zero-order valence-electron chi connectivity index (χ0n) is 13.8. The highest BCUT2D eigenvalue weighted by molar-refractivity contribution is 6.07. The van der Waals surface area contributed by atoms with Gasteiger partial charge in [-0.15, -0.1) is 0 Å². The van der Waals surface area contributed by atoms with Crippen molar-refractivity contribution in [1.82, 2.24) is 15.6 Å². The number of piperidine rings is 1. The van der Waals surface area contributed by atoms with Gasteiger partial charge in [0.1, 0.15) is 5.82 Å². The quantitative estimate of drug-likeness (QED) is 0.801. The molecule has 0 atom stereocenters. The third-order valence-electron chi connectivity index (χ3n) is 4.26. The number of fused-ring (bicyclic) bond motifs is 1. The van der Waals surface area contributed by atoms with E-state index in [0.717, 1.165) is 31.3 Å². The second kappa shape index (κ2) is 7.40. The fourth-order valence-corrected chi connectivity index (χ4v) is 3.00. The van der Waals surface area contributed by atoms with Crippen LogP contribution >= 0.6 is 0 Å². The lowest BCUT2D eigenvalue weighted by molar-refractivity contribution is -0.120. The molecule has 0 spiro atoms. The Labute approximate surface area is 141 Å². The molecule has 2 amide bonds. The van der Waals surface area contributed by atoms with Gasteiger partial charge in [0, 0.05) is 17.8 Å². The molecule has 3 N–H and O–H groups in total. The minimum Gasteiger partial charge on any atom is -0.352 e. The number of carbonyl (C=O) groups is 2. The Morgan fingerprint density at radius 1 is 1.25 bits per heavy atom. The topological polar surface area (TPSA) is 83.1 Å². The van der Waals surface area contributed by atoms with Gasteiger partial charge in [0.2, 0.25) is 5.91 Å². The second-order valence-electron chi connectivity index (χ2n) is 5.95. The molecule has 0 bridgehead atoms. The van der Waals surface area contributed by atoms with Crippen molar-refractivity contribution in [2.75, 3.05) is 25.0 Å². The number of aromatic nitrogens is 1. The lowest BCUT2D eigenvalue weighted by atomic mass is 9.97. The number of rotatable bonds is 4. The predicted molar refractivity (Wildman–Crippen MR) is 94.0 cm³/mol. The van der Waals surface area contributed by atoms with Crippen LogP contribution in [-0.2, 0) is 4.79 Å². The average Bonchev–Trinajstić information content (AvgIpc) is 2.62. The van der Waals surface area contributed by atoms with Crippen LogP contribution < -0.4 is 16.0 Å². The van der Waals surface area contributed by atoms with Crippen LogP contribution in [0.4, 0.5) is 5.82 Å². The van der Waals surface area contributed by atoms with Gasteiger partial charge < -0.3 is 16.0 Å². The number of carbonyl (C=O) groups excluding carboxylic acids is 2. The molecular formula is C18H22N4O2. The van der Waals surface area contributed by atoms with Crippen LogP contribution in [-0.4, -0.2) is 36.4 Å². The van der Waals surface area contributed by atoms with Gasteiger partial charge in [-0.2, -0.15) is 0 Å². The standard InChI is InChI=1S/C18H22N4O2/c1-2-20-18(24)14-11-16(21-15-6-4-3-5-13(14)15)22-17(23)12-7-9-19-10-8-12/h3-6,11-12,19H,2,7-10H2,1H3,(H,20,24)(H,21,22,23). The van der Waals surface area contributed by atoms with Crippen LogP contribution in [0.25, 0.3) is 10.9 Å². The van der Waals surface area contributed by atoms with Crippen molar-refractivity contribution in [1.29, 1.82) is 0 Å². The van der Waals surface area contributed by atoms with Crippen molar-refractivity contribution in [3.05, 3.63) is 35.9 Å². The molecule has 0 radical (unpaired) electrons. The Bertz CT molecular complexity index is 754. The number of para-hydroxylation sites is 1. The number of anilines is 1. The fourth-order valence-electron chi connectivity index (χ4n) is 3.00. The minimum atomic E-state index is -0.159. The minimum absolute atomic E-state index is 0.00700. The first-order chi connectivity index (χ1) is 11.7. The highest BCUT2D eigenvalue weighted by Crippen LogP contribution is 2.22. The molecule has 6 nitrogen and oxygen atoms in total. The van der Waals surface area contributed by atoms with Crippen LogP contribution in [0.3, 0.4) is 0 Å². The van der Waals surface area contributed by atoms with Gasteiger partial charge in [-0.1, -0.05) is 18.2 Å². The summed E-state index contributed by atoms with van der Waals surface area (Å²) in [5.74, 6) is 0.237. The maximum atomic E-state index is 12.4. The highest BCUT2D eigenvalue weighted by Gasteiger charge is 2.22. The van der Waals surface area contributed by atoms with Gasteiger partial charge in [-0.25, -0.2) is 4.98 Å². The molecule has 1 aromatic carbocycles. The summed E-state index contributed by atoms with van der Waals surface area (Å²) in [5, 5.41) is 9.72. The van der Waals surface area contributed by atoms with E-state index in [1.807, 2.05) is 31.2 Å². The van der Waals surface area contributed by atoms with Gasteiger partial charge in [0.05, 0.1) is 11.1 Å². The first-order valence-corrected chi connectivity index (χ1v) is 8.38. The summed E-state index contributed by atoms with van der Waals surface area (Å²) in [6, 6.07) is 9.12. The predicted octanol–water partition coefficient (Wildman–Crippen LogP) is 1.92.